The molecule has 0 saturated carbocycles. The topological polar surface area (TPSA) is 74.5 Å². The number of nitrogens with two attached hydrogens (primary N) is 1. The van der Waals surface area contributed by atoms with Crippen LogP contribution in [0.5, 0.6) is 0 Å². The summed E-state index contributed by atoms with van der Waals surface area (Å²) in [6.07, 6.45) is 4.52. The highest BCUT2D eigenvalue weighted by Gasteiger charge is 2.30. The van der Waals surface area contributed by atoms with E-state index < -0.39 is 0 Å². The minimum absolute atomic E-state index is 0.0246. The molecule has 130 valence electrons. The van der Waals surface area contributed by atoms with Gasteiger partial charge in [-0.2, -0.15) is 0 Å². The van der Waals surface area contributed by atoms with Crippen molar-refractivity contribution in [2.75, 3.05) is 35.6 Å². The van der Waals surface area contributed by atoms with Crippen molar-refractivity contribution in [1.29, 1.82) is 0 Å². The molecule has 0 aliphatic carbocycles. The van der Waals surface area contributed by atoms with Gasteiger partial charge in [0.1, 0.15) is 5.82 Å². The summed E-state index contributed by atoms with van der Waals surface area (Å²) in [5.41, 5.74) is 8.86. The van der Waals surface area contributed by atoms with Crippen LogP contribution in [0.15, 0.2) is 42.6 Å². The molecule has 25 heavy (non-hydrogen) atoms. The molecule has 1 saturated heterocycles. The van der Waals surface area contributed by atoms with Crippen LogP contribution >= 0.6 is 0 Å². The Morgan fingerprint density at radius 1 is 1.08 bits per heavy atom. The van der Waals surface area contributed by atoms with Crippen molar-refractivity contribution >= 4 is 23.2 Å². The van der Waals surface area contributed by atoms with Crippen LogP contribution in [0.2, 0.25) is 0 Å². The number of nitrogens with zero attached hydrogens (tertiary/aromatic N) is 3. The molecule has 4 rings (SSSR count). The lowest BCUT2D eigenvalue weighted by Gasteiger charge is -2.38. The lowest BCUT2D eigenvalue weighted by Crippen LogP contribution is -2.49. The number of nitrogen functional groups attached to an aromatic ring is 1. The number of carbonyl (C=O) groups excluding carboxylic acids is 1. The molecule has 0 unspecified atom stereocenters. The highest BCUT2D eigenvalue weighted by Crippen LogP contribution is 2.26. The van der Waals surface area contributed by atoms with Gasteiger partial charge in [-0.05, 0) is 55.2 Å². The molecule has 0 spiro atoms. The number of hydrogen-bond donors (Lipinski definition) is 2. The first-order valence-corrected chi connectivity index (χ1v) is 8.83. The average molecular weight is 337 g/mol. The standard InChI is InChI=1S/C19H23N5O/c20-15-3-5-16(6-4-15)23-11-8-17(9-12-23)24-13-7-14-2-1-10-21-18(14)22-19(24)25/h1-6,10,17H,7-9,11-13,20H2,(H,21,22,25). The third-order valence-corrected chi connectivity index (χ3v) is 5.16. The first-order valence-electron chi connectivity index (χ1n) is 8.83. The zero-order chi connectivity index (χ0) is 17.2. The third kappa shape index (κ3) is 3.24. The Hall–Kier alpha value is -2.76. The normalized spacial score (nSPS) is 18.5. The minimum atomic E-state index is -0.0246. The van der Waals surface area contributed by atoms with E-state index in [2.05, 4.69) is 27.3 Å². The summed E-state index contributed by atoms with van der Waals surface area (Å²) in [6, 6.07) is 12.2. The van der Waals surface area contributed by atoms with Gasteiger partial charge in [-0.15, -0.1) is 0 Å². The van der Waals surface area contributed by atoms with E-state index in [-0.39, 0.29) is 12.1 Å². The van der Waals surface area contributed by atoms with Crippen LogP contribution in [-0.4, -0.2) is 41.6 Å². The van der Waals surface area contributed by atoms with E-state index in [1.54, 1.807) is 6.20 Å². The van der Waals surface area contributed by atoms with Gasteiger partial charge in [-0.3, -0.25) is 5.32 Å². The smallest absolute Gasteiger partial charge is 0.323 e. The maximum absolute atomic E-state index is 12.6. The van der Waals surface area contributed by atoms with Crippen molar-refractivity contribution < 1.29 is 4.79 Å². The number of carbonyl (C=O) groups is 1. The number of urea groups is 1. The van der Waals surface area contributed by atoms with Crippen molar-refractivity contribution in [3.8, 4) is 0 Å². The number of benzene rings is 1. The van der Waals surface area contributed by atoms with E-state index in [0.717, 1.165) is 50.1 Å². The number of pyridine rings is 1. The van der Waals surface area contributed by atoms with Gasteiger partial charge in [0, 0.05) is 43.2 Å². The molecule has 3 N–H and O–H groups in total. The molecule has 1 fully saturated rings. The summed E-state index contributed by atoms with van der Waals surface area (Å²) in [4.78, 5) is 21.3. The predicted octanol–water partition coefficient (Wildman–Crippen LogP) is 2.72. The summed E-state index contributed by atoms with van der Waals surface area (Å²) in [7, 11) is 0. The van der Waals surface area contributed by atoms with Crippen molar-refractivity contribution in [1.82, 2.24) is 9.88 Å². The quantitative estimate of drug-likeness (QED) is 0.826. The third-order valence-electron chi connectivity index (χ3n) is 5.16. The molecule has 3 heterocycles. The Morgan fingerprint density at radius 2 is 1.84 bits per heavy atom. The Morgan fingerprint density at radius 3 is 2.60 bits per heavy atom. The van der Waals surface area contributed by atoms with Crippen molar-refractivity contribution in [2.24, 2.45) is 0 Å². The van der Waals surface area contributed by atoms with Crippen LogP contribution in [0.4, 0.5) is 22.0 Å². The number of rotatable bonds is 2. The zero-order valence-corrected chi connectivity index (χ0v) is 14.2. The lowest BCUT2D eigenvalue weighted by molar-refractivity contribution is 0.177. The number of amides is 2. The van der Waals surface area contributed by atoms with E-state index in [1.165, 1.54) is 5.69 Å². The van der Waals surface area contributed by atoms with Gasteiger partial charge >= 0.3 is 6.03 Å². The predicted molar refractivity (Wildman–Crippen MR) is 99.8 cm³/mol. The number of anilines is 3. The minimum Gasteiger partial charge on any atom is -0.399 e. The van der Waals surface area contributed by atoms with Gasteiger partial charge in [0.15, 0.2) is 0 Å². The fraction of sp³-hybridized carbons (Fsp3) is 0.368. The van der Waals surface area contributed by atoms with Gasteiger partial charge in [-0.1, -0.05) is 6.07 Å². The van der Waals surface area contributed by atoms with Gasteiger partial charge in [-0.25, -0.2) is 9.78 Å². The monoisotopic (exact) mass is 337 g/mol. The lowest BCUT2D eigenvalue weighted by atomic mass is 10.0. The SMILES string of the molecule is Nc1ccc(N2CCC(N3CCc4cccnc4NC3=O)CC2)cc1. The van der Waals surface area contributed by atoms with Crippen LogP contribution in [0.25, 0.3) is 0 Å². The van der Waals surface area contributed by atoms with Gasteiger partial charge < -0.3 is 15.5 Å². The Labute approximate surface area is 147 Å². The van der Waals surface area contributed by atoms with Crippen molar-refractivity contribution in [3.05, 3.63) is 48.2 Å². The second-order valence-corrected chi connectivity index (χ2v) is 6.69. The fourth-order valence-corrected chi connectivity index (χ4v) is 3.74. The molecule has 1 aromatic carbocycles. The van der Waals surface area contributed by atoms with E-state index >= 15 is 0 Å². The van der Waals surface area contributed by atoms with E-state index in [1.807, 2.05) is 29.2 Å². The summed E-state index contributed by atoms with van der Waals surface area (Å²) in [5, 5.41) is 2.97. The summed E-state index contributed by atoms with van der Waals surface area (Å²) >= 11 is 0. The van der Waals surface area contributed by atoms with Gasteiger partial charge in [0.25, 0.3) is 0 Å². The second-order valence-electron chi connectivity index (χ2n) is 6.69. The van der Waals surface area contributed by atoms with E-state index in [9.17, 15) is 4.79 Å². The first-order chi connectivity index (χ1) is 12.2. The molecule has 0 atom stereocenters. The molecule has 6 nitrogen and oxygen atoms in total. The van der Waals surface area contributed by atoms with E-state index in [0.29, 0.717) is 5.82 Å². The first kappa shape index (κ1) is 15.7. The fourth-order valence-electron chi connectivity index (χ4n) is 3.74. The van der Waals surface area contributed by atoms with Crippen molar-refractivity contribution in [3.63, 3.8) is 0 Å². The number of aromatic nitrogens is 1. The van der Waals surface area contributed by atoms with Gasteiger partial charge in [0.2, 0.25) is 0 Å². The van der Waals surface area contributed by atoms with Crippen LogP contribution < -0.4 is 16.0 Å². The largest absolute Gasteiger partial charge is 0.399 e. The summed E-state index contributed by atoms with van der Waals surface area (Å²) < 4.78 is 0. The molecule has 2 aliphatic rings. The molecule has 0 bridgehead atoms. The molecule has 2 amide bonds. The zero-order valence-electron chi connectivity index (χ0n) is 14.2. The highest BCUT2D eigenvalue weighted by atomic mass is 16.2. The number of hydrogen-bond acceptors (Lipinski definition) is 4. The Kier molecular flexibility index (Phi) is 4.17. The van der Waals surface area contributed by atoms with E-state index in [4.69, 9.17) is 5.73 Å². The van der Waals surface area contributed by atoms with Crippen LogP contribution in [0.1, 0.15) is 18.4 Å². The molecular formula is C19H23N5O. The molecule has 6 heteroatoms. The molecular weight excluding hydrogens is 314 g/mol. The summed E-state index contributed by atoms with van der Waals surface area (Å²) in [5.74, 6) is 0.703. The average Bonchev–Trinajstić information content (AvgIpc) is 2.81. The number of nitrogens with one attached hydrogen (secondary N) is 1. The van der Waals surface area contributed by atoms with Crippen LogP contribution in [0.3, 0.4) is 0 Å². The van der Waals surface area contributed by atoms with Crippen LogP contribution in [0, 0.1) is 0 Å². The Balaban J connectivity index is 1.41. The van der Waals surface area contributed by atoms with Crippen LogP contribution in [-0.2, 0) is 6.42 Å². The maximum Gasteiger partial charge on any atom is 0.323 e. The summed E-state index contributed by atoms with van der Waals surface area (Å²) in [6.45, 7) is 2.64. The second kappa shape index (κ2) is 6.63. The molecule has 0 radical (unpaired) electrons. The molecule has 1 aromatic heterocycles. The molecule has 2 aliphatic heterocycles. The van der Waals surface area contributed by atoms with Crippen molar-refractivity contribution in [2.45, 2.75) is 25.3 Å². The number of piperidine rings is 1. The maximum atomic E-state index is 12.6. The number of fused-ring (bicyclic) bond motifs is 1. The highest BCUT2D eigenvalue weighted by molar-refractivity contribution is 5.90. The van der Waals surface area contributed by atoms with Gasteiger partial charge in [0.05, 0.1) is 0 Å². The molecule has 2 aromatic rings. The Bertz CT molecular complexity index is 753.